The first-order valence-corrected chi connectivity index (χ1v) is 7.54. The molecular formula is C13H18N2O3S. The molecule has 3 rings (SSSR count). The van der Waals surface area contributed by atoms with E-state index in [4.69, 9.17) is 14.8 Å². The molecule has 1 aromatic heterocycles. The summed E-state index contributed by atoms with van der Waals surface area (Å²) in [4.78, 5) is 18.9. The SMILES string of the molecule is O=C(O)Cc1sc(CN2CCOCC2)nc1C1CC1. The summed E-state index contributed by atoms with van der Waals surface area (Å²) in [6, 6.07) is 0. The molecule has 1 aliphatic heterocycles. The van der Waals surface area contributed by atoms with Crippen LogP contribution in [0, 0.1) is 0 Å². The summed E-state index contributed by atoms with van der Waals surface area (Å²) in [6.45, 7) is 4.26. The largest absolute Gasteiger partial charge is 0.481 e. The minimum atomic E-state index is -0.761. The Labute approximate surface area is 116 Å². The van der Waals surface area contributed by atoms with Gasteiger partial charge in [-0.25, -0.2) is 4.98 Å². The Hall–Kier alpha value is -0.980. The zero-order valence-corrected chi connectivity index (χ0v) is 11.6. The smallest absolute Gasteiger partial charge is 0.308 e. The first kappa shape index (κ1) is 13.0. The first-order chi connectivity index (χ1) is 9.22. The van der Waals surface area contributed by atoms with Crippen molar-refractivity contribution in [3.8, 4) is 0 Å². The van der Waals surface area contributed by atoms with Gasteiger partial charge in [-0.1, -0.05) is 0 Å². The lowest BCUT2D eigenvalue weighted by Crippen LogP contribution is -2.35. The second kappa shape index (κ2) is 5.56. The van der Waals surface area contributed by atoms with Gasteiger partial charge in [0.15, 0.2) is 0 Å². The topological polar surface area (TPSA) is 62.7 Å². The number of rotatable bonds is 5. The summed E-state index contributed by atoms with van der Waals surface area (Å²) in [5, 5.41) is 10.0. The van der Waals surface area contributed by atoms with Crippen LogP contribution < -0.4 is 0 Å². The monoisotopic (exact) mass is 282 g/mol. The summed E-state index contributed by atoms with van der Waals surface area (Å²) < 4.78 is 5.33. The number of carboxylic acid groups (broad SMARTS) is 1. The van der Waals surface area contributed by atoms with E-state index in [0.717, 1.165) is 61.3 Å². The third-order valence-corrected chi connectivity index (χ3v) is 4.57. The van der Waals surface area contributed by atoms with E-state index in [9.17, 15) is 4.79 Å². The van der Waals surface area contributed by atoms with Crippen LogP contribution in [0.2, 0.25) is 0 Å². The van der Waals surface area contributed by atoms with Crippen LogP contribution in [0.3, 0.4) is 0 Å². The third-order valence-electron chi connectivity index (χ3n) is 3.51. The highest BCUT2D eigenvalue weighted by Crippen LogP contribution is 2.43. The van der Waals surface area contributed by atoms with Crippen molar-refractivity contribution < 1.29 is 14.6 Å². The quantitative estimate of drug-likeness (QED) is 0.886. The molecule has 1 saturated carbocycles. The number of thiazole rings is 1. The Kier molecular flexibility index (Phi) is 3.81. The number of carboxylic acids is 1. The van der Waals surface area contributed by atoms with Crippen LogP contribution >= 0.6 is 11.3 Å². The van der Waals surface area contributed by atoms with Crippen molar-refractivity contribution in [1.82, 2.24) is 9.88 Å². The van der Waals surface area contributed by atoms with Crippen LogP contribution in [0.5, 0.6) is 0 Å². The van der Waals surface area contributed by atoms with Gasteiger partial charge in [-0.3, -0.25) is 9.69 Å². The molecule has 6 heteroatoms. The Balaban J connectivity index is 1.72. The highest BCUT2D eigenvalue weighted by atomic mass is 32.1. The van der Waals surface area contributed by atoms with Crippen LogP contribution in [0.1, 0.15) is 34.3 Å². The summed E-state index contributed by atoms with van der Waals surface area (Å²) in [5.41, 5.74) is 1.05. The van der Waals surface area contributed by atoms with E-state index in [2.05, 4.69) is 4.90 Å². The van der Waals surface area contributed by atoms with Crippen molar-refractivity contribution in [3.63, 3.8) is 0 Å². The maximum atomic E-state index is 10.9. The molecule has 104 valence electrons. The molecular weight excluding hydrogens is 264 g/mol. The van der Waals surface area contributed by atoms with E-state index in [1.807, 2.05) is 0 Å². The summed E-state index contributed by atoms with van der Waals surface area (Å²) in [6.07, 6.45) is 2.44. The number of carbonyl (C=O) groups is 1. The van der Waals surface area contributed by atoms with Gasteiger partial charge in [0.25, 0.3) is 0 Å². The molecule has 1 saturated heterocycles. The molecule has 0 radical (unpaired) electrons. The van der Waals surface area contributed by atoms with Crippen LogP contribution in [-0.4, -0.2) is 47.3 Å². The summed E-state index contributed by atoms with van der Waals surface area (Å²) >= 11 is 1.58. The van der Waals surface area contributed by atoms with Crippen LogP contribution in [0.4, 0.5) is 0 Å². The summed E-state index contributed by atoms with van der Waals surface area (Å²) in [5.74, 6) is -0.243. The molecule has 2 fully saturated rings. The molecule has 0 unspecified atom stereocenters. The maximum Gasteiger partial charge on any atom is 0.308 e. The fraction of sp³-hybridized carbons (Fsp3) is 0.692. The van der Waals surface area contributed by atoms with Gasteiger partial charge in [0, 0.05) is 23.9 Å². The number of hydrogen-bond acceptors (Lipinski definition) is 5. The number of nitrogens with zero attached hydrogens (tertiary/aromatic N) is 2. The van der Waals surface area contributed by atoms with E-state index >= 15 is 0 Å². The van der Waals surface area contributed by atoms with Crippen molar-refractivity contribution in [3.05, 3.63) is 15.6 Å². The third kappa shape index (κ3) is 3.32. The Morgan fingerprint density at radius 3 is 2.79 bits per heavy atom. The van der Waals surface area contributed by atoms with Gasteiger partial charge >= 0.3 is 5.97 Å². The van der Waals surface area contributed by atoms with Gasteiger partial charge in [0.1, 0.15) is 5.01 Å². The molecule has 0 spiro atoms. The normalized spacial score (nSPS) is 20.6. The molecule has 2 aliphatic rings. The maximum absolute atomic E-state index is 10.9. The molecule has 2 heterocycles. The minimum Gasteiger partial charge on any atom is -0.481 e. The number of aliphatic carboxylic acids is 1. The number of ether oxygens (including phenoxy) is 1. The van der Waals surface area contributed by atoms with Crippen LogP contribution in [0.15, 0.2) is 0 Å². The number of morpholine rings is 1. The van der Waals surface area contributed by atoms with Gasteiger partial charge in [0.05, 0.1) is 31.9 Å². The van der Waals surface area contributed by atoms with Gasteiger partial charge in [-0.05, 0) is 12.8 Å². The predicted molar refractivity (Wildman–Crippen MR) is 71.5 cm³/mol. The fourth-order valence-electron chi connectivity index (χ4n) is 2.37. The highest BCUT2D eigenvalue weighted by molar-refractivity contribution is 7.11. The molecule has 0 bridgehead atoms. The van der Waals surface area contributed by atoms with Crippen LogP contribution in [0.25, 0.3) is 0 Å². The second-order valence-electron chi connectivity index (χ2n) is 5.15. The zero-order valence-electron chi connectivity index (χ0n) is 10.8. The second-order valence-corrected chi connectivity index (χ2v) is 6.32. The fourth-order valence-corrected chi connectivity index (χ4v) is 3.56. The van der Waals surface area contributed by atoms with Crippen LogP contribution in [-0.2, 0) is 22.5 Å². The molecule has 1 aliphatic carbocycles. The van der Waals surface area contributed by atoms with Gasteiger partial charge in [-0.15, -0.1) is 11.3 Å². The van der Waals surface area contributed by atoms with Crippen molar-refractivity contribution in [2.45, 2.75) is 31.7 Å². The minimum absolute atomic E-state index is 0.118. The van der Waals surface area contributed by atoms with Gasteiger partial charge in [0.2, 0.25) is 0 Å². The average Bonchev–Trinajstić information content (AvgIpc) is 3.14. The van der Waals surface area contributed by atoms with Crippen molar-refractivity contribution >= 4 is 17.3 Å². The van der Waals surface area contributed by atoms with Gasteiger partial charge < -0.3 is 9.84 Å². The van der Waals surface area contributed by atoms with E-state index in [1.165, 1.54) is 0 Å². The predicted octanol–water partition coefficient (Wildman–Crippen LogP) is 1.48. The molecule has 1 aromatic rings. The zero-order chi connectivity index (χ0) is 13.2. The molecule has 5 nitrogen and oxygen atoms in total. The molecule has 0 amide bonds. The van der Waals surface area contributed by atoms with Crippen molar-refractivity contribution in [2.75, 3.05) is 26.3 Å². The standard InChI is InChI=1S/C13H18N2O3S/c16-12(17)7-10-13(9-1-2-9)14-11(19-10)8-15-3-5-18-6-4-15/h9H,1-8H2,(H,16,17). The Morgan fingerprint density at radius 1 is 1.42 bits per heavy atom. The van der Waals surface area contributed by atoms with E-state index in [-0.39, 0.29) is 6.42 Å². The van der Waals surface area contributed by atoms with Crippen molar-refractivity contribution in [1.29, 1.82) is 0 Å². The van der Waals surface area contributed by atoms with E-state index < -0.39 is 5.97 Å². The van der Waals surface area contributed by atoms with E-state index in [0.29, 0.717) is 5.92 Å². The lowest BCUT2D eigenvalue weighted by Gasteiger charge is -2.25. The van der Waals surface area contributed by atoms with E-state index in [1.54, 1.807) is 11.3 Å². The first-order valence-electron chi connectivity index (χ1n) is 6.73. The Bertz CT molecular complexity index is 464. The Morgan fingerprint density at radius 2 is 2.16 bits per heavy atom. The van der Waals surface area contributed by atoms with Crippen molar-refractivity contribution in [2.24, 2.45) is 0 Å². The molecule has 0 atom stereocenters. The molecule has 19 heavy (non-hydrogen) atoms. The lowest BCUT2D eigenvalue weighted by molar-refractivity contribution is -0.136. The lowest BCUT2D eigenvalue weighted by atomic mass is 10.2. The molecule has 1 N–H and O–H groups in total. The number of hydrogen-bond donors (Lipinski definition) is 1. The number of aromatic nitrogens is 1. The average molecular weight is 282 g/mol. The molecule has 0 aromatic carbocycles. The summed E-state index contributed by atoms with van der Waals surface area (Å²) in [7, 11) is 0. The van der Waals surface area contributed by atoms with Gasteiger partial charge in [-0.2, -0.15) is 0 Å². The highest BCUT2D eigenvalue weighted by Gasteiger charge is 2.30.